The third-order valence-electron chi connectivity index (χ3n) is 2.61. The monoisotopic (exact) mass is 316 g/mol. The summed E-state index contributed by atoms with van der Waals surface area (Å²) in [4.78, 5) is 12.1. The Morgan fingerprint density at radius 1 is 1.05 bits per heavy atom. The van der Waals surface area contributed by atoms with Crippen molar-refractivity contribution in [3.63, 3.8) is 0 Å². The Kier molecular flexibility index (Phi) is 4.46. The van der Waals surface area contributed by atoms with E-state index in [-0.39, 0.29) is 38.4 Å². The van der Waals surface area contributed by atoms with Crippen molar-refractivity contribution >= 4 is 40.6 Å². The van der Waals surface area contributed by atoms with Gasteiger partial charge in [0.05, 0.1) is 15.6 Å². The Bertz CT molecular complexity index is 620. The summed E-state index contributed by atoms with van der Waals surface area (Å²) in [7, 11) is 0. The fourth-order valence-electron chi connectivity index (χ4n) is 1.69. The van der Waals surface area contributed by atoms with Gasteiger partial charge in [0, 0.05) is 11.4 Å². The fraction of sp³-hybridized carbons (Fsp3) is 0.0714. The predicted octanol–water partition coefficient (Wildman–Crippen LogP) is 5.21. The van der Waals surface area contributed by atoms with Crippen LogP contribution in [0, 0.1) is 5.82 Å². The van der Waals surface area contributed by atoms with Gasteiger partial charge in [-0.2, -0.15) is 0 Å². The van der Waals surface area contributed by atoms with Crippen LogP contribution in [0.15, 0.2) is 36.4 Å². The molecule has 5 heteroatoms. The van der Waals surface area contributed by atoms with Crippen molar-refractivity contribution in [1.29, 1.82) is 0 Å². The van der Waals surface area contributed by atoms with Crippen molar-refractivity contribution in [3.8, 4) is 0 Å². The Hall–Kier alpha value is -1.09. The maximum absolute atomic E-state index is 13.6. The maximum Gasteiger partial charge on any atom is 0.170 e. The van der Waals surface area contributed by atoms with E-state index in [1.54, 1.807) is 18.2 Å². The van der Waals surface area contributed by atoms with Crippen LogP contribution in [0.25, 0.3) is 0 Å². The van der Waals surface area contributed by atoms with Crippen LogP contribution in [-0.2, 0) is 6.42 Å². The van der Waals surface area contributed by atoms with Crippen LogP contribution in [0.4, 0.5) is 4.39 Å². The van der Waals surface area contributed by atoms with Gasteiger partial charge in [-0.05, 0) is 29.8 Å². The molecule has 0 heterocycles. The molecule has 0 aliphatic carbocycles. The molecule has 2 aromatic carbocycles. The third-order valence-corrected chi connectivity index (χ3v) is 3.47. The Balaban J connectivity index is 2.31. The van der Waals surface area contributed by atoms with E-state index in [1.807, 2.05) is 0 Å². The molecule has 2 rings (SSSR count). The topological polar surface area (TPSA) is 17.1 Å². The lowest BCUT2D eigenvalue weighted by Crippen LogP contribution is -2.06. The average molecular weight is 318 g/mol. The third kappa shape index (κ3) is 3.27. The van der Waals surface area contributed by atoms with Gasteiger partial charge in [0.1, 0.15) is 5.82 Å². The lowest BCUT2D eigenvalue weighted by molar-refractivity contribution is 0.0992. The highest BCUT2D eigenvalue weighted by Gasteiger charge is 2.16. The Labute approximate surface area is 124 Å². The SMILES string of the molecule is O=C(Cc1ccc(Cl)cc1F)c1c(Cl)cccc1Cl. The van der Waals surface area contributed by atoms with Gasteiger partial charge in [0.2, 0.25) is 0 Å². The molecule has 0 N–H and O–H groups in total. The van der Waals surface area contributed by atoms with Gasteiger partial charge >= 0.3 is 0 Å². The zero-order valence-electron chi connectivity index (χ0n) is 9.59. The van der Waals surface area contributed by atoms with Crippen LogP contribution in [-0.4, -0.2) is 5.78 Å². The van der Waals surface area contributed by atoms with Crippen LogP contribution in [0.5, 0.6) is 0 Å². The second-order valence-corrected chi connectivity index (χ2v) is 5.18. The molecule has 0 saturated heterocycles. The number of Topliss-reactive ketones (excluding diaryl/α,β-unsaturated/α-hetero) is 1. The summed E-state index contributed by atoms with van der Waals surface area (Å²) in [5, 5.41) is 0.795. The Morgan fingerprint density at radius 3 is 2.26 bits per heavy atom. The number of carbonyl (C=O) groups excluding carboxylic acids is 1. The minimum absolute atomic E-state index is 0.119. The van der Waals surface area contributed by atoms with E-state index in [0.29, 0.717) is 0 Å². The molecule has 0 fully saturated rings. The Morgan fingerprint density at radius 2 is 1.68 bits per heavy atom. The van der Waals surface area contributed by atoms with Crippen molar-refractivity contribution in [3.05, 3.63) is 68.4 Å². The van der Waals surface area contributed by atoms with Crippen molar-refractivity contribution in [1.82, 2.24) is 0 Å². The van der Waals surface area contributed by atoms with E-state index in [4.69, 9.17) is 34.8 Å². The van der Waals surface area contributed by atoms with E-state index in [1.165, 1.54) is 18.2 Å². The van der Waals surface area contributed by atoms with Crippen LogP contribution in [0.2, 0.25) is 15.1 Å². The summed E-state index contributed by atoms with van der Waals surface area (Å²) in [6.07, 6.45) is -0.119. The highest BCUT2D eigenvalue weighted by Crippen LogP contribution is 2.26. The van der Waals surface area contributed by atoms with Crippen molar-refractivity contribution < 1.29 is 9.18 Å². The summed E-state index contributed by atoms with van der Waals surface area (Å²) >= 11 is 17.5. The van der Waals surface area contributed by atoms with Gasteiger partial charge < -0.3 is 0 Å². The summed E-state index contributed by atoms with van der Waals surface area (Å²) in [5.74, 6) is -0.860. The lowest BCUT2D eigenvalue weighted by atomic mass is 10.0. The van der Waals surface area contributed by atoms with Gasteiger partial charge in [0.25, 0.3) is 0 Å². The number of hydrogen-bond acceptors (Lipinski definition) is 1. The molecular weight excluding hydrogens is 310 g/mol. The number of benzene rings is 2. The number of rotatable bonds is 3. The molecule has 0 unspecified atom stereocenters. The van der Waals surface area contributed by atoms with E-state index in [0.717, 1.165) is 0 Å². The summed E-state index contributed by atoms with van der Waals surface area (Å²) in [6, 6.07) is 8.95. The first kappa shape index (κ1) is 14.3. The van der Waals surface area contributed by atoms with Gasteiger partial charge in [-0.3, -0.25) is 4.79 Å². The van der Waals surface area contributed by atoms with Gasteiger partial charge in [0.15, 0.2) is 5.78 Å². The fourth-order valence-corrected chi connectivity index (χ4v) is 2.46. The molecule has 0 radical (unpaired) electrons. The lowest BCUT2D eigenvalue weighted by Gasteiger charge is -2.07. The van der Waals surface area contributed by atoms with Crippen molar-refractivity contribution in [2.45, 2.75) is 6.42 Å². The van der Waals surface area contributed by atoms with Crippen molar-refractivity contribution in [2.24, 2.45) is 0 Å². The molecule has 0 aromatic heterocycles. The molecule has 0 aliphatic rings. The number of carbonyl (C=O) groups is 1. The molecule has 98 valence electrons. The number of ketones is 1. The van der Waals surface area contributed by atoms with Crippen molar-refractivity contribution in [2.75, 3.05) is 0 Å². The van der Waals surface area contributed by atoms with Crippen LogP contribution >= 0.6 is 34.8 Å². The summed E-state index contributed by atoms with van der Waals surface area (Å²) in [5.41, 5.74) is 0.463. The summed E-state index contributed by atoms with van der Waals surface area (Å²) < 4.78 is 13.6. The van der Waals surface area contributed by atoms with Crippen LogP contribution < -0.4 is 0 Å². The molecule has 0 amide bonds. The second kappa shape index (κ2) is 5.91. The zero-order chi connectivity index (χ0) is 14.0. The first-order chi connectivity index (χ1) is 8.99. The van der Waals surface area contributed by atoms with E-state index in [2.05, 4.69) is 0 Å². The molecule has 0 bridgehead atoms. The molecule has 0 spiro atoms. The predicted molar refractivity (Wildman–Crippen MR) is 75.9 cm³/mol. The quantitative estimate of drug-likeness (QED) is 0.710. The molecule has 2 aromatic rings. The minimum atomic E-state index is -0.524. The van der Waals surface area contributed by atoms with Gasteiger partial charge in [-0.1, -0.05) is 46.9 Å². The molecule has 19 heavy (non-hydrogen) atoms. The molecule has 1 nitrogen and oxygen atoms in total. The summed E-state index contributed by atoms with van der Waals surface area (Å²) in [6.45, 7) is 0. The number of hydrogen-bond donors (Lipinski definition) is 0. The first-order valence-electron chi connectivity index (χ1n) is 5.40. The molecular formula is C14H8Cl3FO. The molecule has 0 aliphatic heterocycles. The minimum Gasteiger partial charge on any atom is -0.294 e. The largest absolute Gasteiger partial charge is 0.294 e. The second-order valence-electron chi connectivity index (χ2n) is 3.93. The molecule has 0 saturated carbocycles. The van der Waals surface area contributed by atoms with E-state index >= 15 is 0 Å². The first-order valence-corrected chi connectivity index (χ1v) is 6.53. The molecule has 0 atom stereocenters. The standard InChI is InChI=1S/C14H8Cl3FO/c15-9-5-4-8(12(18)7-9)6-13(19)14-10(16)2-1-3-11(14)17/h1-5,7H,6H2. The van der Waals surface area contributed by atoms with Crippen LogP contribution in [0.3, 0.4) is 0 Å². The maximum atomic E-state index is 13.6. The highest BCUT2D eigenvalue weighted by atomic mass is 35.5. The smallest absolute Gasteiger partial charge is 0.170 e. The van der Waals surface area contributed by atoms with E-state index < -0.39 is 5.82 Å². The highest BCUT2D eigenvalue weighted by molar-refractivity contribution is 6.39. The van der Waals surface area contributed by atoms with E-state index in [9.17, 15) is 9.18 Å². The zero-order valence-corrected chi connectivity index (χ0v) is 11.9. The average Bonchev–Trinajstić information content (AvgIpc) is 2.32. The number of halogens is 4. The van der Waals surface area contributed by atoms with Crippen LogP contribution in [0.1, 0.15) is 15.9 Å². The van der Waals surface area contributed by atoms with Gasteiger partial charge in [-0.15, -0.1) is 0 Å². The van der Waals surface area contributed by atoms with Gasteiger partial charge in [-0.25, -0.2) is 4.39 Å². The normalized spacial score (nSPS) is 10.5.